The lowest BCUT2D eigenvalue weighted by Gasteiger charge is -2.18. The first-order valence-corrected chi connectivity index (χ1v) is 26.2. The average molecular weight is 889 g/mol. The lowest BCUT2D eigenvalue weighted by atomic mass is 10.1. The first-order valence-electron chi connectivity index (χ1n) is 26.2. The predicted octanol–water partition coefficient (Wildman–Crippen LogP) is 17.4. The molecule has 1 unspecified atom stereocenters. The second kappa shape index (κ2) is 52.0. The van der Waals surface area contributed by atoms with Crippen molar-refractivity contribution in [2.75, 3.05) is 13.2 Å². The van der Waals surface area contributed by atoms with Gasteiger partial charge in [0.15, 0.2) is 6.10 Å². The fraction of sp³-hybridized carbons (Fsp3) is 0.672. The topological polar surface area (TPSA) is 78.9 Å². The van der Waals surface area contributed by atoms with Gasteiger partial charge in [0.25, 0.3) is 0 Å². The van der Waals surface area contributed by atoms with E-state index in [9.17, 15) is 14.4 Å². The molecule has 0 fully saturated rings. The Hall–Kier alpha value is -3.67. The van der Waals surface area contributed by atoms with Crippen molar-refractivity contribution in [3.05, 3.63) is 97.2 Å². The molecule has 6 heteroatoms. The summed E-state index contributed by atoms with van der Waals surface area (Å²) in [6, 6.07) is 0. The second-order valence-electron chi connectivity index (χ2n) is 17.1. The van der Waals surface area contributed by atoms with Gasteiger partial charge in [0.1, 0.15) is 13.2 Å². The van der Waals surface area contributed by atoms with E-state index < -0.39 is 6.10 Å². The van der Waals surface area contributed by atoms with Crippen LogP contribution in [0.15, 0.2) is 97.2 Å². The summed E-state index contributed by atoms with van der Waals surface area (Å²) in [7, 11) is 0. The molecular weight excluding hydrogens is 793 g/mol. The molecule has 6 nitrogen and oxygen atoms in total. The Morgan fingerprint density at radius 2 is 0.609 bits per heavy atom. The van der Waals surface area contributed by atoms with E-state index in [1.807, 2.05) is 0 Å². The van der Waals surface area contributed by atoms with Crippen LogP contribution in [0.2, 0.25) is 0 Å². The number of hydrogen-bond donors (Lipinski definition) is 0. The summed E-state index contributed by atoms with van der Waals surface area (Å²) in [6.45, 7) is 6.39. The fourth-order valence-corrected chi connectivity index (χ4v) is 6.89. The molecule has 0 radical (unpaired) electrons. The summed E-state index contributed by atoms with van der Waals surface area (Å²) in [6.07, 6.45) is 68.5. The van der Waals surface area contributed by atoms with E-state index in [-0.39, 0.29) is 31.1 Å². The smallest absolute Gasteiger partial charge is 0.306 e. The zero-order chi connectivity index (χ0) is 46.5. The maximum atomic E-state index is 12.8. The van der Waals surface area contributed by atoms with Crippen LogP contribution in [0.3, 0.4) is 0 Å². The van der Waals surface area contributed by atoms with Crippen molar-refractivity contribution < 1.29 is 28.6 Å². The monoisotopic (exact) mass is 889 g/mol. The highest BCUT2D eigenvalue weighted by molar-refractivity contribution is 5.71. The number of hydrogen-bond acceptors (Lipinski definition) is 6. The largest absolute Gasteiger partial charge is 0.462 e. The van der Waals surface area contributed by atoms with Crippen LogP contribution in [-0.4, -0.2) is 37.2 Å². The van der Waals surface area contributed by atoms with Crippen molar-refractivity contribution in [1.29, 1.82) is 0 Å². The summed E-state index contributed by atoms with van der Waals surface area (Å²) in [4.78, 5) is 37.8. The minimum Gasteiger partial charge on any atom is -0.462 e. The van der Waals surface area contributed by atoms with E-state index in [1.165, 1.54) is 89.9 Å². The molecule has 0 aliphatic rings. The number of rotatable bonds is 46. The summed E-state index contributed by atoms with van der Waals surface area (Å²) in [5.74, 6) is -0.956. The number of esters is 3. The molecule has 0 N–H and O–H groups in total. The van der Waals surface area contributed by atoms with Crippen molar-refractivity contribution in [3.63, 3.8) is 0 Å². The van der Waals surface area contributed by atoms with Crippen molar-refractivity contribution in [2.45, 2.75) is 239 Å². The lowest BCUT2D eigenvalue weighted by Crippen LogP contribution is -2.30. The minimum absolute atomic E-state index is 0.0941. The van der Waals surface area contributed by atoms with E-state index in [0.717, 1.165) is 103 Å². The summed E-state index contributed by atoms with van der Waals surface area (Å²) in [5.41, 5.74) is 0. The van der Waals surface area contributed by atoms with Crippen LogP contribution in [0, 0.1) is 0 Å². The first-order chi connectivity index (χ1) is 31.5. The molecule has 0 aliphatic heterocycles. The van der Waals surface area contributed by atoms with Gasteiger partial charge in [-0.3, -0.25) is 14.4 Å². The minimum atomic E-state index is -0.795. The Bertz CT molecular complexity index is 1300. The number of allylic oxidation sites excluding steroid dienone is 16. The summed E-state index contributed by atoms with van der Waals surface area (Å²) < 4.78 is 16.7. The fourth-order valence-electron chi connectivity index (χ4n) is 6.89. The van der Waals surface area contributed by atoms with Crippen LogP contribution in [0.4, 0.5) is 0 Å². The van der Waals surface area contributed by atoms with E-state index in [0.29, 0.717) is 19.3 Å². The maximum absolute atomic E-state index is 12.8. The molecule has 0 heterocycles. The zero-order valence-corrected chi connectivity index (χ0v) is 41.5. The standard InChI is InChI=1S/C58H96O6/c1-4-7-10-13-16-18-20-22-24-26-28-29-31-32-34-36-38-40-42-45-48-51-57(60)63-54-55(53-62-56(59)50-47-44-15-12-9-6-3)64-58(61)52-49-46-43-41-39-37-35-33-30-27-25-23-21-19-17-14-11-8-5-2/h7,10,16-19,22-25,28-29,32,34,38,40,55H,4-6,8-9,11-15,20-21,26-27,30-31,33,35-37,39,41-54H2,1-3H3/b10-7-,18-16-,19-17-,24-22-,25-23-,29-28-,34-32-,40-38-. The van der Waals surface area contributed by atoms with Gasteiger partial charge in [0.2, 0.25) is 0 Å². The molecule has 0 aromatic heterocycles. The molecule has 0 aliphatic carbocycles. The molecule has 64 heavy (non-hydrogen) atoms. The van der Waals surface area contributed by atoms with Crippen LogP contribution in [-0.2, 0) is 28.6 Å². The van der Waals surface area contributed by atoms with E-state index in [4.69, 9.17) is 14.2 Å². The quantitative estimate of drug-likeness (QED) is 0.0262. The van der Waals surface area contributed by atoms with Gasteiger partial charge < -0.3 is 14.2 Å². The molecule has 1 atom stereocenters. The first kappa shape index (κ1) is 60.3. The zero-order valence-electron chi connectivity index (χ0n) is 41.5. The number of carbonyl (C=O) groups excluding carboxylic acids is 3. The Morgan fingerprint density at radius 3 is 1.02 bits per heavy atom. The van der Waals surface area contributed by atoms with Gasteiger partial charge >= 0.3 is 17.9 Å². The molecule has 0 amide bonds. The molecule has 0 rings (SSSR count). The Balaban J connectivity index is 4.31. The van der Waals surface area contributed by atoms with Gasteiger partial charge in [-0.15, -0.1) is 0 Å². The Labute approximate surface area is 394 Å². The average Bonchev–Trinajstić information content (AvgIpc) is 3.29. The highest BCUT2D eigenvalue weighted by atomic mass is 16.6. The SMILES string of the molecule is CC/C=C\C/C=C\C/C=C\C/C=C\C/C=C\C/C=C\CCCCC(=O)OCC(COC(=O)CCCCCCCC)OC(=O)CCCCCCCCCCC/C=C\C/C=C\CCCCC. The van der Waals surface area contributed by atoms with E-state index in [2.05, 4.69) is 118 Å². The van der Waals surface area contributed by atoms with Gasteiger partial charge in [-0.25, -0.2) is 0 Å². The molecular formula is C58H96O6. The van der Waals surface area contributed by atoms with Crippen LogP contribution >= 0.6 is 0 Å². The highest BCUT2D eigenvalue weighted by Crippen LogP contribution is 2.14. The van der Waals surface area contributed by atoms with E-state index in [1.54, 1.807) is 0 Å². The molecule has 364 valence electrons. The van der Waals surface area contributed by atoms with E-state index >= 15 is 0 Å². The normalized spacial score (nSPS) is 12.9. The van der Waals surface area contributed by atoms with Crippen molar-refractivity contribution in [2.24, 2.45) is 0 Å². The third kappa shape index (κ3) is 49.3. The molecule has 0 saturated carbocycles. The molecule has 0 bridgehead atoms. The van der Waals surface area contributed by atoms with Crippen LogP contribution in [0.25, 0.3) is 0 Å². The maximum Gasteiger partial charge on any atom is 0.306 e. The Kier molecular flexibility index (Phi) is 49.0. The van der Waals surface area contributed by atoms with Gasteiger partial charge in [0.05, 0.1) is 0 Å². The highest BCUT2D eigenvalue weighted by Gasteiger charge is 2.19. The predicted molar refractivity (Wildman–Crippen MR) is 274 cm³/mol. The molecule has 0 aromatic rings. The number of carbonyl (C=O) groups is 3. The molecule has 0 saturated heterocycles. The third-order valence-corrected chi connectivity index (χ3v) is 10.8. The Morgan fingerprint density at radius 1 is 0.328 bits per heavy atom. The second-order valence-corrected chi connectivity index (χ2v) is 17.1. The number of unbranched alkanes of at least 4 members (excludes halogenated alkanes) is 19. The number of ether oxygens (including phenoxy) is 3. The molecule has 0 spiro atoms. The van der Waals surface area contributed by atoms with Gasteiger partial charge in [-0.05, 0) is 103 Å². The van der Waals surface area contributed by atoms with Crippen LogP contribution < -0.4 is 0 Å². The summed E-state index contributed by atoms with van der Waals surface area (Å²) in [5, 5.41) is 0. The van der Waals surface area contributed by atoms with Crippen molar-refractivity contribution >= 4 is 17.9 Å². The molecule has 0 aromatic carbocycles. The van der Waals surface area contributed by atoms with Crippen molar-refractivity contribution in [1.82, 2.24) is 0 Å². The van der Waals surface area contributed by atoms with Crippen LogP contribution in [0.5, 0.6) is 0 Å². The van der Waals surface area contributed by atoms with Gasteiger partial charge in [0, 0.05) is 19.3 Å². The van der Waals surface area contributed by atoms with Crippen LogP contribution in [0.1, 0.15) is 233 Å². The van der Waals surface area contributed by atoms with Crippen molar-refractivity contribution in [3.8, 4) is 0 Å². The van der Waals surface area contributed by atoms with Gasteiger partial charge in [-0.1, -0.05) is 208 Å². The van der Waals surface area contributed by atoms with Gasteiger partial charge in [-0.2, -0.15) is 0 Å². The third-order valence-electron chi connectivity index (χ3n) is 10.8. The lowest BCUT2D eigenvalue weighted by molar-refractivity contribution is -0.167. The summed E-state index contributed by atoms with van der Waals surface area (Å²) >= 11 is 0.